The van der Waals surface area contributed by atoms with Gasteiger partial charge in [0, 0.05) is 16.8 Å². The van der Waals surface area contributed by atoms with Gasteiger partial charge in [0.1, 0.15) is 0 Å². The van der Waals surface area contributed by atoms with Gasteiger partial charge in [0.05, 0.1) is 38.8 Å². The van der Waals surface area contributed by atoms with E-state index in [1.54, 1.807) is 32.7 Å². The van der Waals surface area contributed by atoms with Gasteiger partial charge in [-0.05, 0) is 42.3 Å². The Bertz CT molecular complexity index is 1060. The Kier molecular flexibility index (Phi) is 5.83. The molecule has 1 atom stereocenters. The van der Waals surface area contributed by atoms with Gasteiger partial charge in [0.2, 0.25) is 10.9 Å². The molecule has 0 N–H and O–H groups in total. The van der Waals surface area contributed by atoms with E-state index in [9.17, 15) is 0 Å². The van der Waals surface area contributed by atoms with Crippen LogP contribution in [0.15, 0.2) is 46.9 Å². The maximum atomic E-state index is 6.07. The van der Waals surface area contributed by atoms with Gasteiger partial charge in [-0.25, -0.2) is 9.99 Å². The lowest BCUT2D eigenvalue weighted by atomic mass is 9.98. The van der Waals surface area contributed by atoms with Crippen LogP contribution in [0.25, 0.3) is 0 Å². The number of nitrogens with zero attached hydrogens (tertiary/aromatic N) is 3. The fourth-order valence-corrected chi connectivity index (χ4v) is 4.43. The van der Waals surface area contributed by atoms with Gasteiger partial charge in [-0.15, -0.1) is 11.3 Å². The van der Waals surface area contributed by atoms with Crippen molar-refractivity contribution >= 4 is 33.8 Å². The molecule has 6 nitrogen and oxygen atoms in total. The molecule has 2 aromatic carbocycles. The van der Waals surface area contributed by atoms with Crippen molar-refractivity contribution in [2.45, 2.75) is 19.4 Å². The molecule has 30 heavy (non-hydrogen) atoms. The Labute approximate surface area is 184 Å². The molecule has 0 bridgehead atoms. The highest BCUT2D eigenvalue weighted by molar-refractivity contribution is 7.13. The molecule has 1 aliphatic rings. The summed E-state index contributed by atoms with van der Waals surface area (Å²) in [5.41, 5.74) is 3.98. The van der Waals surface area contributed by atoms with E-state index in [4.69, 9.17) is 30.9 Å². The minimum atomic E-state index is -0.0602. The van der Waals surface area contributed by atoms with Gasteiger partial charge in [-0.1, -0.05) is 23.7 Å². The third kappa shape index (κ3) is 3.82. The van der Waals surface area contributed by atoms with Gasteiger partial charge in [0.15, 0.2) is 11.5 Å². The number of hydrazone groups is 1. The number of hydrogen-bond acceptors (Lipinski definition) is 7. The first-order valence-electron chi connectivity index (χ1n) is 9.38. The molecule has 2 heterocycles. The zero-order chi connectivity index (χ0) is 21.3. The summed E-state index contributed by atoms with van der Waals surface area (Å²) in [5, 5.41) is 10.5. The summed E-state index contributed by atoms with van der Waals surface area (Å²) in [6.07, 6.45) is 0.707. The molecule has 8 heteroatoms. The Morgan fingerprint density at radius 2 is 1.70 bits per heavy atom. The Balaban J connectivity index is 1.79. The summed E-state index contributed by atoms with van der Waals surface area (Å²) in [7, 11) is 4.84. The van der Waals surface area contributed by atoms with Crippen molar-refractivity contribution in [3.8, 4) is 17.2 Å². The first-order valence-corrected chi connectivity index (χ1v) is 10.6. The highest BCUT2D eigenvalue weighted by atomic mass is 35.5. The molecule has 1 aliphatic heterocycles. The lowest BCUT2D eigenvalue weighted by Gasteiger charge is -2.23. The van der Waals surface area contributed by atoms with Crippen LogP contribution in [-0.4, -0.2) is 32.0 Å². The largest absolute Gasteiger partial charge is 0.493 e. The van der Waals surface area contributed by atoms with Crippen LogP contribution in [0.3, 0.4) is 0 Å². The number of hydrogen-bond donors (Lipinski definition) is 0. The van der Waals surface area contributed by atoms with Gasteiger partial charge >= 0.3 is 0 Å². The summed E-state index contributed by atoms with van der Waals surface area (Å²) < 4.78 is 16.6. The number of rotatable bonds is 6. The lowest BCUT2D eigenvalue weighted by molar-refractivity contribution is 0.323. The molecule has 4 rings (SSSR count). The molecule has 1 aromatic heterocycles. The smallest absolute Gasteiger partial charge is 0.206 e. The number of ether oxygens (including phenoxy) is 3. The van der Waals surface area contributed by atoms with Crippen LogP contribution in [0, 0.1) is 6.92 Å². The van der Waals surface area contributed by atoms with Crippen LogP contribution < -0.4 is 19.2 Å². The average Bonchev–Trinajstić information content (AvgIpc) is 3.39. The highest BCUT2D eigenvalue weighted by Crippen LogP contribution is 2.44. The van der Waals surface area contributed by atoms with Crippen LogP contribution in [0.1, 0.15) is 29.3 Å². The first kappa shape index (κ1) is 20.5. The van der Waals surface area contributed by atoms with Crippen LogP contribution in [0.4, 0.5) is 5.13 Å². The monoisotopic (exact) mass is 443 g/mol. The predicted molar refractivity (Wildman–Crippen MR) is 121 cm³/mol. The molecule has 3 aromatic rings. The minimum absolute atomic E-state index is 0.0602. The Morgan fingerprint density at radius 3 is 2.23 bits per heavy atom. The average molecular weight is 444 g/mol. The molecule has 0 radical (unpaired) electrons. The standard InChI is InChI=1S/C22H22ClN3O3S/c1-13-12-30-22(24-13)26-18(11-17(25-26)14-5-7-16(23)8-6-14)15-9-19(27-2)21(29-4)20(10-15)28-3/h5-10,12,18H,11H2,1-4H3. The summed E-state index contributed by atoms with van der Waals surface area (Å²) in [6.45, 7) is 1.98. The fraction of sp³-hybridized carbons (Fsp3) is 0.273. The Morgan fingerprint density at radius 1 is 1.03 bits per heavy atom. The van der Waals surface area contributed by atoms with Crippen LogP contribution >= 0.6 is 22.9 Å². The summed E-state index contributed by atoms with van der Waals surface area (Å²) in [5.74, 6) is 1.79. The van der Waals surface area contributed by atoms with Crippen molar-refractivity contribution in [1.29, 1.82) is 0 Å². The molecule has 0 fully saturated rings. The maximum Gasteiger partial charge on any atom is 0.206 e. The lowest BCUT2D eigenvalue weighted by Crippen LogP contribution is -2.18. The van der Waals surface area contributed by atoms with Gasteiger partial charge in [-0.3, -0.25) is 0 Å². The minimum Gasteiger partial charge on any atom is -0.493 e. The fourth-order valence-electron chi connectivity index (χ4n) is 3.50. The van der Waals surface area contributed by atoms with Crippen LogP contribution in [-0.2, 0) is 0 Å². The van der Waals surface area contributed by atoms with E-state index in [0.29, 0.717) is 28.7 Å². The van der Waals surface area contributed by atoms with E-state index in [0.717, 1.165) is 27.7 Å². The number of benzene rings is 2. The van der Waals surface area contributed by atoms with E-state index in [-0.39, 0.29) is 6.04 Å². The number of aromatic nitrogens is 1. The normalized spacial score (nSPS) is 15.8. The van der Waals surface area contributed by atoms with Crippen molar-refractivity contribution in [2.75, 3.05) is 26.3 Å². The second-order valence-corrected chi connectivity index (χ2v) is 8.12. The van der Waals surface area contributed by atoms with Crippen LogP contribution in [0.5, 0.6) is 17.2 Å². The second kappa shape index (κ2) is 8.53. The van der Waals surface area contributed by atoms with Gasteiger partial charge in [-0.2, -0.15) is 5.10 Å². The van der Waals surface area contributed by atoms with E-state index < -0.39 is 0 Å². The summed E-state index contributed by atoms with van der Waals surface area (Å²) >= 11 is 7.64. The molecule has 0 aliphatic carbocycles. The van der Waals surface area contributed by atoms with Crippen LogP contribution in [0.2, 0.25) is 5.02 Å². The molecule has 0 saturated heterocycles. The van der Waals surface area contributed by atoms with E-state index >= 15 is 0 Å². The van der Waals surface area contributed by atoms with E-state index in [1.807, 2.05) is 53.7 Å². The molecular weight excluding hydrogens is 422 g/mol. The molecule has 156 valence electrons. The van der Waals surface area contributed by atoms with E-state index in [2.05, 4.69) is 4.98 Å². The zero-order valence-electron chi connectivity index (χ0n) is 17.2. The zero-order valence-corrected chi connectivity index (χ0v) is 18.8. The van der Waals surface area contributed by atoms with Crippen molar-refractivity contribution in [2.24, 2.45) is 5.10 Å². The number of halogens is 1. The molecule has 0 spiro atoms. The SMILES string of the molecule is COc1cc(C2CC(c3ccc(Cl)cc3)=NN2c2nc(C)cs2)cc(OC)c1OC. The maximum absolute atomic E-state index is 6.07. The topological polar surface area (TPSA) is 56.2 Å². The summed E-state index contributed by atoms with van der Waals surface area (Å²) in [4.78, 5) is 4.66. The first-order chi connectivity index (χ1) is 14.5. The molecule has 0 amide bonds. The molecular formula is C22H22ClN3O3S. The second-order valence-electron chi connectivity index (χ2n) is 6.85. The summed E-state index contributed by atoms with van der Waals surface area (Å²) in [6, 6.07) is 11.6. The predicted octanol–water partition coefficient (Wildman–Crippen LogP) is 5.49. The third-order valence-corrected chi connectivity index (χ3v) is 6.16. The van der Waals surface area contributed by atoms with Crippen molar-refractivity contribution < 1.29 is 14.2 Å². The van der Waals surface area contributed by atoms with Crippen molar-refractivity contribution in [3.63, 3.8) is 0 Å². The van der Waals surface area contributed by atoms with Gasteiger partial charge in [0.25, 0.3) is 0 Å². The number of aryl methyl sites for hydroxylation is 1. The Hall–Kier alpha value is -2.77. The number of methoxy groups -OCH3 is 3. The molecule has 0 saturated carbocycles. The molecule has 1 unspecified atom stereocenters. The van der Waals surface area contributed by atoms with Crippen molar-refractivity contribution in [1.82, 2.24) is 4.98 Å². The van der Waals surface area contributed by atoms with Gasteiger partial charge < -0.3 is 14.2 Å². The van der Waals surface area contributed by atoms with Crippen molar-refractivity contribution in [3.05, 3.63) is 63.6 Å². The third-order valence-electron chi connectivity index (χ3n) is 4.96. The van der Waals surface area contributed by atoms with E-state index in [1.165, 1.54) is 0 Å². The highest BCUT2D eigenvalue weighted by Gasteiger charge is 2.33. The number of thiazole rings is 1. The number of anilines is 1. The quantitative estimate of drug-likeness (QED) is 0.504.